The van der Waals surface area contributed by atoms with Crippen molar-refractivity contribution in [3.05, 3.63) is 52.5 Å². The van der Waals surface area contributed by atoms with Gasteiger partial charge in [-0.1, -0.05) is 29.3 Å². The fourth-order valence-corrected chi connectivity index (χ4v) is 1.78. The fraction of sp³-hybridized carbons (Fsp3) is 0.143. The molecule has 0 aliphatic rings. The Balaban J connectivity index is 2.31. The molecule has 0 radical (unpaired) electrons. The van der Waals surface area contributed by atoms with Gasteiger partial charge in [0.2, 0.25) is 0 Å². The van der Waals surface area contributed by atoms with Crippen molar-refractivity contribution in [2.24, 2.45) is 0 Å². The second-order valence-electron chi connectivity index (χ2n) is 3.98. The van der Waals surface area contributed by atoms with E-state index in [1.54, 1.807) is 12.1 Å². The molecule has 0 fully saturated rings. The van der Waals surface area contributed by atoms with Gasteiger partial charge in [-0.15, -0.1) is 0 Å². The minimum Gasteiger partial charge on any atom is -0.504 e. The van der Waals surface area contributed by atoms with Gasteiger partial charge in [0.05, 0.1) is 0 Å². The first-order valence-corrected chi connectivity index (χ1v) is 5.67. The average molecular weight is 249 g/mol. The second-order valence-corrected chi connectivity index (χ2v) is 4.42. The fourth-order valence-electron chi connectivity index (χ4n) is 1.61. The molecule has 0 saturated heterocycles. The van der Waals surface area contributed by atoms with E-state index in [0.717, 1.165) is 11.3 Å². The monoisotopic (exact) mass is 248 g/mol. The normalized spacial score (nSPS) is 10.3. The predicted octanol–water partition coefficient (Wildman–Crippen LogP) is 4.45. The molecular weight excluding hydrogens is 236 g/mol. The van der Waals surface area contributed by atoms with Crippen molar-refractivity contribution in [1.29, 1.82) is 0 Å². The molecule has 1 N–H and O–H groups in total. The van der Waals surface area contributed by atoms with Crippen molar-refractivity contribution in [2.45, 2.75) is 13.8 Å². The summed E-state index contributed by atoms with van der Waals surface area (Å²) in [5.41, 5.74) is 2.20. The molecule has 17 heavy (non-hydrogen) atoms. The Morgan fingerprint density at radius 1 is 1.00 bits per heavy atom. The number of phenols is 1. The van der Waals surface area contributed by atoms with Gasteiger partial charge in [-0.2, -0.15) is 0 Å². The minimum absolute atomic E-state index is 0.0393. The van der Waals surface area contributed by atoms with Gasteiger partial charge >= 0.3 is 0 Å². The van der Waals surface area contributed by atoms with Crippen LogP contribution in [0.5, 0.6) is 17.2 Å². The third-order valence-corrected chi connectivity index (χ3v) is 2.71. The van der Waals surface area contributed by atoms with Crippen LogP contribution in [0.4, 0.5) is 0 Å². The van der Waals surface area contributed by atoms with E-state index in [1.807, 2.05) is 32.0 Å². The number of phenolic OH excluding ortho intramolecular Hbond substituents is 1. The Bertz CT molecular complexity index is 500. The predicted molar refractivity (Wildman–Crippen MR) is 69.1 cm³/mol. The topological polar surface area (TPSA) is 29.5 Å². The Morgan fingerprint density at radius 2 is 1.71 bits per heavy atom. The Labute approximate surface area is 105 Å². The van der Waals surface area contributed by atoms with Gasteiger partial charge in [-0.05, 0) is 37.6 Å². The van der Waals surface area contributed by atoms with Crippen LogP contribution in [-0.2, 0) is 0 Å². The van der Waals surface area contributed by atoms with Gasteiger partial charge in [0, 0.05) is 11.1 Å². The minimum atomic E-state index is 0.0393. The maximum Gasteiger partial charge on any atom is 0.169 e. The van der Waals surface area contributed by atoms with E-state index in [0.29, 0.717) is 10.8 Å². The SMILES string of the molecule is Cc1ccc(Oc2ccc(Cl)cc2O)c(C)c1. The standard InChI is InChI=1S/C14H13ClO2/c1-9-3-5-13(10(2)7-9)17-14-6-4-11(15)8-12(14)16/h3-8,16H,1-2H3. The highest BCUT2D eigenvalue weighted by atomic mass is 35.5. The van der Waals surface area contributed by atoms with Gasteiger partial charge in [-0.25, -0.2) is 0 Å². The molecule has 0 saturated carbocycles. The number of hydrogen-bond acceptors (Lipinski definition) is 2. The van der Waals surface area contributed by atoms with Crippen LogP contribution in [0.25, 0.3) is 0 Å². The van der Waals surface area contributed by atoms with Crippen LogP contribution in [0.3, 0.4) is 0 Å². The van der Waals surface area contributed by atoms with Crippen molar-refractivity contribution in [2.75, 3.05) is 0 Å². The first-order chi connectivity index (χ1) is 8.06. The summed E-state index contributed by atoms with van der Waals surface area (Å²) in [6.07, 6.45) is 0. The summed E-state index contributed by atoms with van der Waals surface area (Å²) in [6.45, 7) is 3.99. The number of rotatable bonds is 2. The third-order valence-electron chi connectivity index (χ3n) is 2.47. The van der Waals surface area contributed by atoms with Crippen molar-refractivity contribution < 1.29 is 9.84 Å². The molecule has 2 aromatic rings. The van der Waals surface area contributed by atoms with Crippen LogP contribution in [0, 0.1) is 13.8 Å². The smallest absolute Gasteiger partial charge is 0.169 e. The van der Waals surface area contributed by atoms with Crippen LogP contribution >= 0.6 is 11.6 Å². The summed E-state index contributed by atoms with van der Waals surface area (Å²) >= 11 is 5.76. The molecule has 0 unspecified atom stereocenters. The van der Waals surface area contributed by atoms with E-state index in [4.69, 9.17) is 16.3 Å². The molecule has 88 valence electrons. The quantitative estimate of drug-likeness (QED) is 0.851. The largest absolute Gasteiger partial charge is 0.504 e. The van der Waals surface area contributed by atoms with Gasteiger partial charge in [0.15, 0.2) is 11.5 Å². The first-order valence-electron chi connectivity index (χ1n) is 5.30. The molecule has 0 aromatic heterocycles. The van der Waals surface area contributed by atoms with Crippen molar-refractivity contribution in [3.63, 3.8) is 0 Å². The van der Waals surface area contributed by atoms with Crippen LogP contribution in [0.2, 0.25) is 5.02 Å². The van der Waals surface area contributed by atoms with Crippen molar-refractivity contribution in [1.82, 2.24) is 0 Å². The summed E-state index contributed by atoms with van der Waals surface area (Å²) in [6, 6.07) is 10.7. The summed E-state index contributed by atoms with van der Waals surface area (Å²) in [4.78, 5) is 0. The van der Waals surface area contributed by atoms with Crippen LogP contribution < -0.4 is 4.74 Å². The lowest BCUT2D eigenvalue weighted by Crippen LogP contribution is -1.88. The van der Waals surface area contributed by atoms with E-state index in [2.05, 4.69) is 0 Å². The van der Waals surface area contributed by atoms with E-state index < -0.39 is 0 Å². The molecule has 0 amide bonds. The zero-order chi connectivity index (χ0) is 12.4. The summed E-state index contributed by atoms with van der Waals surface area (Å²) in [7, 11) is 0. The number of hydrogen-bond donors (Lipinski definition) is 1. The third kappa shape index (κ3) is 2.71. The Kier molecular flexibility index (Phi) is 3.25. The number of benzene rings is 2. The molecule has 0 aliphatic heterocycles. The van der Waals surface area contributed by atoms with Gasteiger partial charge in [0.25, 0.3) is 0 Å². The second kappa shape index (κ2) is 4.68. The number of aryl methyl sites for hydroxylation is 2. The molecule has 0 spiro atoms. The van der Waals surface area contributed by atoms with Gasteiger partial charge in [-0.3, -0.25) is 0 Å². The lowest BCUT2D eigenvalue weighted by atomic mass is 10.1. The van der Waals surface area contributed by atoms with E-state index in [-0.39, 0.29) is 5.75 Å². The lowest BCUT2D eigenvalue weighted by Gasteiger charge is -2.10. The van der Waals surface area contributed by atoms with Gasteiger partial charge < -0.3 is 9.84 Å². The van der Waals surface area contributed by atoms with Crippen LogP contribution in [0.15, 0.2) is 36.4 Å². The number of aromatic hydroxyl groups is 1. The maximum absolute atomic E-state index is 9.69. The van der Waals surface area contributed by atoms with E-state index in [1.165, 1.54) is 11.6 Å². The summed E-state index contributed by atoms with van der Waals surface area (Å²) in [5.74, 6) is 1.17. The molecule has 2 rings (SSSR count). The van der Waals surface area contributed by atoms with E-state index >= 15 is 0 Å². The molecule has 2 aromatic carbocycles. The van der Waals surface area contributed by atoms with Crippen LogP contribution in [0.1, 0.15) is 11.1 Å². The zero-order valence-corrected chi connectivity index (χ0v) is 10.5. The number of ether oxygens (including phenoxy) is 1. The zero-order valence-electron chi connectivity index (χ0n) is 9.70. The molecule has 0 aliphatic carbocycles. The molecule has 3 heteroatoms. The first kappa shape index (κ1) is 11.8. The van der Waals surface area contributed by atoms with Gasteiger partial charge in [0.1, 0.15) is 5.75 Å². The highest BCUT2D eigenvalue weighted by Gasteiger charge is 2.06. The highest BCUT2D eigenvalue weighted by Crippen LogP contribution is 2.34. The van der Waals surface area contributed by atoms with Crippen LogP contribution in [-0.4, -0.2) is 5.11 Å². The highest BCUT2D eigenvalue weighted by molar-refractivity contribution is 6.30. The molecule has 0 atom stereocenters. The average Bonchev–Trinajstić information content (AvgIpc) is 2.25. The summed E-state index contributed by atoms with van der Waals surface area (Å²) < 4.78 is 5.64. The van der Waals surface area contributed by atoms with Crippen molar-refractivity contribution >= 4 is 11.6 Å². The molecule has 0 bridgehead atoms. The molecule has 0 heterocycles. The maximum atomic E-state index is 9.69. The molecular formula is C14H13ClO2. The Morgan fingerprint density at radius 3 is 2.35 bits per heavy atom. The van der Waals surface area contributed by atoms with Crippen molar-refractivity contribution in [3.8, 4) is 17.2 Å². The summed E-state index contributed by atoms with van der Waals surface area (Å²) in [5, 5.41) is 10.2. The number of halogens is 1. The molecule has 2 nitrogen and oxygen atoms in total. The lowest BCUT2D eigenvalue weighted by molar-refractivity contribution is 0.410. The Hall–Kier alpha value is -1.67. The van der Waals surface area contributed by atoms with E-state index in [9.17, 15) is 5.11 Å².